The Morgan fingerprint density at radius 2 is 2.58 bits per heavy atom. The molecule has 1 rings (SSSR count). The molecule has 0 aliphatic carbocycles. The SMILES string of the molecule is C=CCOCC1CCCC(=O)O1. The summed E-state index contributed by atoms with van der Waals surface area (Å²) in [5, 5.41) is 0. The van der Waals surface area contributed by atoms with Gasteiger partial charge in [0.05, 0.1) is 13.2 Å². The van der Waals surface area contributed by atoms with E-state index in [9.17, 15) is 4.79 Å². The molecule has 1 fully saturated rings. The Morgan fingerprint density at radius 1 is 1.75 bits per heavy atom. The minimum Gasteiger partial charge on any atom is -0.460 e. The van der Waals surface area contributed by atoms with Gasteiger partial charge >= 0.3 is 5.97 Å². The summed E-state index contributed by atoms with van der Waals surface area (Å²) in [5.41, 5.74) is 0. The second-order valence-electron chi connectivity index (χ2n) is 2.83. The molecule has 0 saturated carbocycles. The van der Waals surface area contributed by atoms with E-state index in [4.69, 9.17) is 9.47 Å². The highest BCUT2D eigenvalue weighted by Crippen LogP contribution is 2.13. The molecule has 1 unspecified atom stereocenters. The molecule has 3 heteroatoms. The highest BCUT2D eigenvalue weighted by molar-refractivity contribution is 5.70. The smallest absolute Gasteiger partial charge is 0.306 e. The van der Waals surface area contributed by atoms with Crippen molar-refractivity contribution in [3.05, 3.63) is 12.7 Å². The van der Waals surface area contributed by atoms with Gasteiger partial charge in [0.15, 0.2) is 0 Å². The molecule has 1 aliphatic heterocycles. The highest BCUT2D eigenvalue weighted by Gasteiger charge is 2.19. The number of hydrogen-bond acceptors (Lipinski definition) is 3. The molecule has 0 N–H and O–H groups in total. The number of ether oxygens (including phenoxy) is 2. The van der Waals surface area contributed by atoms with Crippen LogP contribution in [0.15, 0.2) is 12.7 Å². The van der Waals surface area contributed by atoms with Gasteiger partial charge in [0.25, 0.3) is 0 Å². The molecule has 1 atom stereocenters. The zero-order chi connectivity index (χ0) is 8.81. The van der Waals surface area contributed by atoms with Crippen LogP contribution in [0.2, 0.25) is 0 Å². The monoisotopic (exact) mass is 170 g/mol. The molecule has 0 aromatic rings. The van der Waals surface area contributed by atoms with Gasteiger partial charge in [-0.15, -0.1) is 6.58 Å². The molecule has 0 amide bonds. The second kappa shape index (κ2) is 4.93. The van der Waals surface area contributed by atoms with E-state index in [1.807, 2.05) is 0 Å². The van der Waals surface area contributed by atoms with Crippen molar-refractivity contribution in [2.45, 2.75) is 25.4 Å². The summed E-state index contributed by atoms with van der Waals surface area (Å²) >= 11 is 0. The number of carbonyl (C=O) groups is 1. The van der Waals surface area contributed by atoms with Crippen LogP contribution in [0.5, 0.6) is 0 Å². The van der Waals surface area contributed by atoms with Crippen molar-refractivity contribution in [3.63, 3.8) is 0 Å². The fourth-order valence-corrected chi connectivity index (χ4v) is 1.18. The molecule has 0 aromatic carbocycles. The molecule has 0 aromatic heterocycles. The van der Waals surface area contributed by atoms with E-state index in [0.717, 1.165) is 12.8 Å². The van der Waals surface area contributed by atoms with Crippen molar-refractivity contribution in [2.24, 2.45) is 0 Å². The van der Waals surface area contributed by atoms with Crippen LogP contribution in [0.3, 0.4) is 0 Å². The third kappa shape index (κ3) is 3.05. The lowest BCUT2D eigenvalue weighted by molar-refractivity contribution is -0.157. The van der Waals surface area contributed by atoms with E-state index in [1.54, 1.807) is 6.08 Å². The maximum Gasteiger partial charge on any atom is 0.306 e. The van der Waals surface area contributed by atoms with Crippen LogP contribution >= 0.6 is 0 Å². The summed E-state index contributed by atoms with van der Waals surface area (Å²) in [5.74, 6) is -0.103. The van der Waals surface area contributed by atoms with Crippen molar-refractivity contribution < 1.29 is 14.3 Å². The zero-order valence-electron chi connectivity index (χ0n) is 7.12. The lowest BCUT2D eigenvalue weighted by Crippen LogP contribution is -2.27. The van der Waals surface area contributed by atoms with Crippen LogP contribution in [0.25, 0.3) is 0 Å². The Morgan fingerprint density at radius 3 is 3.25 bits per heavy atom. The van der Waals surface area contributed by atoms with Gasteiger partial charge in [0, 0.05) is 6.42 Å². The molecule has 12 heavy (non-hydrogen) atoms. The van der Waals surface area contributed by atoms with Crippen molar-refractivity contribution in [1.29, 1.82) is 0 Å². The number of rotatable bonds is 4. The summed E-state index contributed by atoms with van der Waals surface area (Å²) in [4.78, 5) is 10.8. The predicted molar refractivity (Wildman–Crippen MR) is 44.7 cm³/mol. The maximum absolute atomic E-state index is 10.8. The Balaban J connectivity index is 2.14. The summed E-state index contributed by atoms with van der Waals surface area (Å²) < 4.78 is 10.2. The first-order valence-electron chi connectivity index (χ1n) is 4.21. The lowest BCUT2D eigenvalue weighted by Gasteiger charge is -2.21. The predicted octanol–water partition coefficient (Wildman–Crippen LogP) is 1.28. The number of cyclic esters (lactones) is 1. The van der Waals surface area contributed by atoms with Gasteiger partial charge in [-0.25, -0.2) is 0 Å². The maximum atomic E-state index is 10.8. The minimum atomic E-state index is -0.103. The Labute approximate surface area is 72.4 Å². The van der Waals surface area contributed by atoms with E-state index in [-0.39, 0.29) is 12.1 Å². The molecule has 0 bridgehead atoms. The van der Waals surface area contributed by atoms with E-state index in [1.165, 1.54) is 0 Å². The summed E-state index contributed by atoms with van der Waals surface area (Å²) in [6.07, 6.45) is 4.04. The van der Waals surface area contributed by atoms with E-state index < -0.39 is 0 Å². The first-order valence-corrected chi connectivity index (χ1v) is 4.21. The van der Waals surface area contributed by atoms with Crippen LogP contribution < -0.4 is 0 Å². The van der Waals surface area contributed by atoms with Crippen LogP contribution in [0.1, 0.15) is 19.3 Å². The minimum absolute atomic E-state index is 0.0359. The average molecular weight is 170 g/mol. The fourth-order valence-electron chi connectivity index (χ4n) is 1.18. The molecule has 1 heterocycles. The van der Waals surface area contributed by atoms with E-state index in [0.29, 0.717) is 19.6 Å². The molecule has 3 nitrogen and oxygen atoms in total. The lowest BCUT2D eigenvalue weighted by atomic mass is 10.1. The Kier molecular flexibility index (Phi) is 3.80. The van der Waals surface area contributed by atoms with Gasteiger partial charge in [-0.3, -0.25) is 4.79 Å². The van der Waals surface area contributed by atoms with Crippen molar-refractivity contribution >= 4 is 5.97 Å². The summed E-state index contributed by atoms with van der Waals surface area (Å²) in [6, 6.07) is 0. The van der Waals surface area contributed by atoms with Gasteiger partial charge in [-0.05, 0) is 12.8 Å². The Bertz CT molecular complexity index is 165. The molecular formula is C9H14O3. The van der Waals surface area contributed by atoms with Gasteiger partial charge in [0.2, 0.25) is 0 Å². The Hall–Kier alpha value is -0.830. The largest absolute Gasteiger partial charge is 0.460 e. The van der Waals surface area contributed by atoms with Crippen LogP contribution in [-0.2, 0) is 14.3 Å². The first kappa shape index (κ1) is 9.26. The van der Waals surface area contributed by atoms with Crippen LogP contribution in [0, 0.1) is 0 Å². The third-order valence-corrected chi connectivity index (χ3v) is 1.74. The number of hydrogen-bond donors (Lipinski definition) is 0. The highest BCUT2D eigenvalue weighted by atomic mass is 16.6. The molecule has 68 valence electrons. The molecule has 0 radical (unpaired) electrons. The normalized spacial score (nSPS) is 23.3. The zero-order valence-corrected chi connectivity index (χ0v) is 7.12. The van der Waals surface area contributed by atoms with Crippen molar-refractivity contribution in [2.75, 3.05) is 13.2 Å². The second-order valence-corrected chi connectivity index (χ2v) is 2.83. The first-order chi connectivity index (χ1) is 5.83. The molecule has 1 aliphatic rings. The van der Waals surface area contributed by atoms with Gasteiger partial charge < -0.3 is 9.47 Å². The van der Waals surface area contributed by atoms with Crippen molar-refractivity contribution in [3.8, 4) is 0 Å². The topological polar surface area (TPSA) is 35.5 Å². The van der Waals surface area contributed by atoms with Gasteiger partial charge in [-0.2, -0.15) is 0 Å². The van der Waals surface area contributed by atoms with Crippen molar-refractivity contribution in [1.82, 2.24) is 0 Å². The van der Waals surface area contributed by atoms with E-state index >= 15 is 0 Å². The number of carbonyl (C=O) groups excluding carboxylic acids is 1. The van der Waals surface area contributed by atoms with Gasteiger partial charge in [0.1, 0.15) is 6.10 Å². The third-order valence-electron chi connectivity index (χ3n) is 1.74. The molecule has 0 spiro atoms. The summed E-state index contributed by atoms with van der Waals surface area (Å²) in [6.45, 7) is 4.55. The van der Waals surface area contributed by atoms with Crippen LogP contribution in [-0.4, -0.2) is 25.3 Å². The number of esters is 1. The molecule has 1 saturated heterocycles. The standard InChI is InChI=1S/C9H14O3/c1-2-6-11-7-8-4-3-5-9(10)12-8/h2,8H,1,3-7H2. The van der Waals surface area contributed by atoms with E-state index in [2.05, 4.69) is 6.58 Å². The van der Waals surface area contributed by atoms with Crippen LogP contribution in [0.4, 0.5) is 0 Å². The fraction of sp³-hybridized carbons (Fsp3) is 0.667. The molecular weight excluding hydrogens is 156 g/mol. The quantitative estimate of drug-likeness (QED) is 0.362. The van der Waals surface area contributed by atoms with Gasteiger partial charge in [-0.1, -0.05) is 6.08 Å². The summed E-state index contributed by atoms with van der Waals surface area (Å²) in [7, 11) is 0. The average Bonchev–Trinajstić information content (AvgIpc) is 2.05.